The van der Waals surface area contributed by atoms with Gasteiger partial charge in [0.1, 0.15) is 5.82 Å². The van der Waals surface area contributed by atoms with E-state index in [1.807, 2.05) is 0 Å². The van der Waals surface area contributed by atoms with Crippen LogP contribution >= 0.6 is 0 Å². The van der Waals surface area contributed by atoms with Gasteiger partial charge < -0.3 is 9.84 Å². The summed E-state index contributed by atoms with van der Waals surface area (Å²) in [5.74, 6) is -0.786. The molecule has 1 N–H and O–H groups in total. The zero-order chi connectivity index (χ0) is 19.9. The summed E-state index contributed by atoms with van der Waals surface area (Å²) in [6.07, 6.45) is -0.762. The van der Waals surface area contributed by atoms with Crippen LogP contribution in [-0.2, 0) is 6.18 Å². The molecule has 4 rings (SSSR count). The van der Waals surface area contributed by atoms with Crippen molar-refractivity contribution < 1.29 is 22.5 Å². The lowest BCUT2D eigenvalue weighted by atomic mass is 10.1. The topological polar surface area (TPSA) is 85.8 Å². The molecule has 1 aromatic carbocycles. The van der Waals surface area contributed by atoms with Crippen LogP contribution < -0.4 is 5.32 Å². The first-order valence-corrected chi connectivity index (χ1v) is 8.69. The number of hydrogen-bond donors (Lipinski definition) is 1. The van der Waals surface area contributed by atoms with Crippen LogP contribution in [0.25, 0.3) is 11.4 Å². The molecule has 1 amide bonds. The van der Waals surface area contributed by atoms with Gasteiger partial charge in [0.25, 0.3) is 5.91 Å². The third kappa shape index (κ3) is 3.62. The summed E-state index contributed by atoms with van der Waals surface area (Å²) in [5, 5.41) is 10.4. The Morgan fingerprint density at radius 1 is 1.25 bits per heavy atom. The van der Waals surface area contributed by atoms with E-state index in [0.29, 0.717) is 22.9 Å². The smallest absolute Gasteiger partial charge is 0.329 e. The van der Waals surface area contributed by atoms with E-state index < -0.39 is 12.1 Å². The second-order valence-corrected chi connectivity index (χ2v) is 6.69. The minimum Gasteiger partial charge on any atom is -0.329 e. The molecule has 7 nitrogen and oxygen atoms in total. The van der Waals surface area contributed by atoms with Crippen LogP contribution in [0.5, 0.6) is 0 Å². The average molecular weight is 391 g/mol. The van der Waals surface area contributed by atoms with Gasteiger partial charge in [0, 0.05) is 17.2 Å². The summed E-state index contributed by atoms with van der Waals surface area (Å²) in [4.78, 5) is 15.8. The van der Waals surface area contributed by atoms with E-state index in [1.54, 1.807) is 16.9 Å². The lowest BCUT2D eigenvalue weighted by Gasteiger charge is -2.15. The van der Waals surface area contributed by atoms with Crippen LogP contribution in [-0.4, -0.2) is 25.8 Å². The van der Waals surface area contributed by atoms with Crippen molar-refractivity contribution in [2.75, 3.05) is 5.32 Å². The van der Waals surface area contributed by atoms with Crippen molar-refractivity contribution in [2.24, 2.45) is 5.92 Å². The number of aromatic nitrogens is 4. The van der Waals surface area contributed by atoms with Gasteiger partial charge in [0.15, 0.2) is 0 Å². The Balaban J connectivity index is 1.48. The number of anilines is 1. The molecule has 2 heterocycles. The van der Waals surface area contributed by atoms with Gasteiger partial charge in [0.05, 0.1) is 12.2 Å². The van der Waals surface area contributed by atoms with Crippen molar-refractivity contribution in [3.8, 4) is 11.4 Å². The Morgan fingerprint density at radius 3 is 2.57 bits per heavy atom. The van der Waals surface area contributed by atoms with Gasteiger partial charge in [-0.1, -0.05) is 17.3 Å². The van der Waals surface area contributed by atoms with Crippen molar-refractivity contribution in [3.63, 3.8) is 0 Å². The van der Waals surface area contributed by atoms with Gasteiger partial charge in [-0.3, -0.25) is 4.79 Å². The van der Waals surface area contributed by atoms with E-state index in [4.69, 9.17) is 0 Å². The zero-order valence-electron chi connectivity index (χ0n) is 14.8. The predicted octanol–water partition coefficient (Wildman–Crippen LogP) is 4.18. The molecular weight excluding hydrogens is 375 g/mol. The Bertz CT molecular complexity index is 989. The number of carbonyl (C=O) groups excluding carboxylic acids is 1. The first-order chi connectivity index (χ1) is 13.3. The molecule has 0 saturated heterocycles. The van der Waals surface area contributed by atoms with Crippen molar-refractivity contribution in [1.29, 1.82) is 0 Å². The lowest BCUT2D eigenvalue weighted by Crippen LogP contribution is -2.18. The van der Waals surface area contributed by atoms with Crippen molar-refractivity contribution in [1.82, 2.24) is 19.9 Å². The first kappa shape index (κ1) is 18.2. The Labute approximate surface area is 157 Å². The Hall–Kier alpha value is -3.17. The summed E-state index contributed by atoms with van der Waals surface area (Å²) in [6.45, 7) is 2.06. The fourth-order valence-corrected chi connectivity index (χ4v) is 2.93. The minimum atomic E-state index is -4.70. The molecule has 0 bridgehead atoms. The molecule has 3 aromatic rings. The highest BCUT2D eigenvalue weighted by atomic mass is 19.4. The molecule has 1 saturated carbocycles. The maximum atomic E-state index is 12.6. The summed E-state index contributed by atoms with van der Waals surface area (Å²) in [5.41, 5.74) is 0.651. The second-order valence-electron chi connectivity index (χ2n) is 6.69. The SMILES string of the molecule is C[C@@H](C1CC1)n1nccc1NC(=O)c1ccc(-c2noc(C(F)(F)F)n2)cc1. The number of nitrogens with one attached hydrogen (secondary N) is 1. The van der Waals surface area contributed by atoms with E-state index in [0.717, 1.165) is 12.8 Å². The Morgan fingerprint density at radius 2 is 1.96 bits per heavy atom. The number of hydrogen-bond acceptors (Lipinski definition) is 5. The van der Waals surface area contributed by atoms with Crippen LogP contribution in [0.2, 0.25) is 0 Å². The molecule has 0 spiro atoms. The summed E-state index contributed by atoms with van der Waals surface area (Å²) < 4.78 is 43.7. The van der Waals surface area contributed by atoms with E-state index in [2.05, 4.69) is 32.0 Å². The molecule has 1 aliphatic rings. The first-order valence-electron chi connectivity index (χ1n) is 8.69. The minimum absolute atomic E-state index is 0.199. The van der Waals surface area contributed by atoms with Crippen LogP contribution in [0.15, 0.2) is 41.1 Å². The van der Waals surface area contributed by atoms with Crippen molar-refractivity contribution in [3.05, 3.63) is 48.0 Å². The normalized spacial score (nSPS) is 15.4. The van der Waals surface area contributed by atoms with Crippen LogP contribution in [0, 0.1) is 5.92 Å². The number of rotatable bonds is 5. The van der Waals surface area contributed by atoms with Crippen molar-refractivity contribution >= 4 is 11.7 Å². The van der Waals surface area contributed by atoms with Gasteiger partial charge in [-0.2, -0.15) is 23.3 Å². The molecule has 2 aromatic heterocycles. The number of amides is 1. The highest BCUT2D eigenvalue weighted by molar-refractivity contribution is 6.04. The number of carbonyl (C=O) groups is 1. The van der Waals surface area contributed by atoms with E-state index in [-0.39, 0.29) is 17.8 Å². The van der Waals surface area contributed by atoms with E-state index in [1.165, 1.54) is 24.3 Å². The summed E-state index contributed by atoms with van der Waals surface area (Å²) in [7, 11) is 0. The monoisotopic (exact) mass is 391 g/mol. The fourth-order valence-electron chi connectivity index (χ4n) is 2.93. The van der Waals surface area contributed by atoms with Gasteiger partial charge >= 0.3 is 12.1 Å². The molecular formula is C18H16F3N5O2. The average Bonchev–Trinajstić information content (AvgIpc) is 3.20. The van der Waals surface area contributed by atoms with E-state index in [9.17, 15) is 18.0 Å². The van der Waals surface area contributed by atoms with Crippen LogP contribution in [0.1, 0.15) is 42.1 Å². The number of alkyl halides is 3. The molecule has 10 heteroatoms. The number of nitrogens with zero attached hydrogens (tertiary/aromatic N) is 4. The van der Waals surface area contributed by atoms with Gasteiger partial charge in [-0.15, -0.1) is 0 Å². The predicted molar refractivity (Wildman–Crippen MR) is 92.4 cm³/mol. The maximum Gasteiger partial charge on any atom is 0.471 e. The third-order valence-electron chi connectivity index (χ3n) is 4.68. The van der Waals surface area contributed by atoms with Crippen LogP contribution in [0.4, 0.5) is 19.0 Å². The van der Waals surface area contributed by atoms with Crippen LogP contribution in [0.3, 0.4) is 0 Å². The lowest BCUT2D eigenvalue weighted by molar-refractivity contribution is -0.159. The number of benzene rings is 1. The molecule has 1 aliphatic carbocycles. The molecule has 1 atom stereocenters. The van der Waals surface area contributed by atoms with Gasteiger partial charge in [0.2, 0.25) is 5.82 Å². The standard InChI is InChI=1S/C18H16F3N5O2/c1-10(11-2-3-11)26-14(8-9-22-26)23-16(27)13-6-4-12(5-7-13)15-24-17(28-25-15)18(19,20)21/h4-11H,2-3H2,1H3,(H,23,27)/t10-/m0/s1. The quantitative estimate of drug-likeness (QED) is 0.705. The molecule has 0 aliphatic heterocycles. The molecule has 28 heavy (non-hydrogen) atoms. The largest absolute Gasteiger partial charge is 0.471 e. The fraction of sp³-hybridized carbons (Fsp3) is 0.333. The molecule has 0 radical (unpaired) electrons. The van der Waals surface area contributed by atoms with Crippen molar-refractivity contribution in [2.45, 2.75) is 32.0 Å². The Kier molecular flexibility index (Phi) is 4.40. The maximum absolute atomic E-state index is 12.6. The third-order valence-corrected chi connectivity index (χ3v) is 4.68. The molecule has 146 valence electrons. The van der Waals surface area contributed by atoms with E-state index >= 15 is 0 Å². The highest BCUT2D eigenvalue weighted by Gasteiger charge is 2.38. The van der Waals surface area contributed by atoms with Gasteiger partial charge in [-0.05, 0) is 37.8 Å². The second kappa shape index (κ2) is 6.77. The summed E-state index contributed by atoms with van der Waals surface area (Å²) >= 11 is 0. The number of halogens is 3. The zero-order valence-corrected chi connectivity index (χ0v) is 14.8. The molecule has 1 fully saturated rings. The molecule has 0 unspecified atom stereocenters. The van der Waals surface area contributed by atoms with Gasteiger partial charge in [-0.25, -0.2) is 4.68 Å². The highest BCUT2D eigenvalue weighted by Crippen LogP contribution is 2.40. The summed E-state index contributed by atoms with van der Waals surface area (Å²) in [6, 6.07) is 7.82.